The van der Waals surface area contributed by atoms with Crippen LogP contribution in [-0.2, 0) is 13.0 Å². The third-order valence-corrected chi connectivity index (χ3v) is 5.50. The molecule has 142 valence electrons. The van der Waals surface area contributed by atoms with Gasteiger partial charge in [-0.25, -0.2) is 19.6 Å². The van der Waals surface area contributed by atoms with E-state index in [1.165, 1.54) is 5.56 Å². The smallest absolute Gasteiger partial charge is 0.168 e. The summed E-state index contributed by atoms with van der Waals surface area (Å²) in [5.41, 5.74) is 4.02. The van der Waals surface area contributed by atoms with Crippen molar-refractivity contribution in [2.24, 2.45) is 0 Å². The van der Waals surface area contributed by atoms with Crippen LogP contribution in [0.1, 0.15) is 16.3 Å². The number of hydrogen-bond donors (Lipinski definition) is 1. The van der Waals surface area contributed by atoms with Crippen molar-refractivity contribution in [1.29, 1.82) is 0 Å². The predicted molar refractivity (Wildman–Crippen MR) is 115 cm³/mol. The molecule has 7 heteroatoms. The summed E-state index contributed by atoms with van der Waals surface area (Å²) in [4.78, 5) is 13.6. The van der Waals surface area contributed by atoms with Crippen molar-refractivity contribution in [3.63, 3.8) is 0 Å². The van der Waals surface area contributed by atoms with E-state index in [0.717, 1.165) is 39.7 Å². The SMILES string of the molecule is c1ccc(Cc2nc(CNc3ncnc4c3cnn4-c3ccccc3)cs2)cc1. The lowest BCUT2D eigenvalue weighted by Gasteiger charge is -2.05. The number of thiazole rings is 1. The number of aromatic nitrogens is 5. The molecule has 0 amide bonds. The van der Waals surface area contributed by atoms with Crippen LogP contribution in [0.15, 0.2) is 78.6 Å². The van der Waals surface area contributed by atoms with E-state index >= 15 is 0 Å². The Bertz CT molecular complexity index is 1230. The lowest BCUT2D eigenvalue weighted by atomic mass is 10.2. The second-order valence-corrected chi connectivity index (χ2v) is 7.54. The Balaban J connectivity index is 1.33. The molecule has 0 bridgehead atoms. The molecule has 0 aliphatic heterocycles. The largest absolute Gasteiger partial charge is 0.364 e. The van der Waals surface area contributed by atoms with Gasteiger partial charge in [0, 0.05) is 11.8 Å². The minimum Gasteiger partial charge on any atom is -0.364 e. The standard InChI is InChI=1S/C22H18N6S/c1-3-7-16(8-4-1)11-20-27-17(14-29-20)12-23-21-19-13-26-28(22(19)25-15-24-21)18-9-5-2-6-10-18/h1-10,13-15H,11-12H2,(H,23,24,25). The van der Waals surface area contributed by atoms with Crippen molar-refractivity contribution in [3.8, 4) is 5.69 Å². The molecule has 5 aromatic rings. The normalized spacial score (nSPS) is 11.0. The molecule has 0 atom stereocenters. The van der Waals surface area contributed by atoms with Crippen molar-refractivity contribution >= 4 is 28.2 Å². The summed E-state index contributed by atoms with van der Waals surface area (Å²) in [5, 5.41) is 12.0. The number of fused-ring (bicyclic) bond motifs is 1. The Labute approximate surface area is 171 Å². The topological polar surface area (TPSA) is 68.5 Å². The number of hydrogen-bond acceptors (Lipinski definition) is 6. The molecule has 0 unspecified atom stereocenters. The number of rotatable bonds is 6. The molecule has 0 fully saturated rings. The zero-order valence-electron chi connectivity index (χ0n) is 15.6. The van der Waals surface area contributed by atoms with E-state index < -0.39 is 0 Å². The fraction of sp³-hybridized carbons (Fsp3) is 0.0909. The summed E-state index contributed by atoms with van der Waals surface area (Å²) in [7, 11) is 0. The van der Waals surface area contributed by atoms with Crippen LogP contribution in [0, 0.1) is 0 Å². The first-order chi connectivity index (χ1) is 14.4. The van der Waals surface area contributed by atoms with Crippen LogP contribution in [-0.4, -0.2) is 24.7 Å². The molecule has 0 aliphatic carbocycles. The van der Waals surface area contributed by atoms with Gasteiger partial charge < -0.3 is 5.32 Å². The second kappa shape index (κ2) is 7.81. The van der Waals surface area contributed by atoms with E-state index in [4.69, 9.17) is 4.98 Å². The Kier molecular flexibility index (Phi) is 4.72. The van der Waals surface area contributed by atoms with Gasteiger partial charge in [0.05, 0.1) is 34.5 Å². The van der Waals surface area contributed by atoms with Gasteiger partial charge in [-0.05, 0) is 17.7 Å². The number of benzene rings is 2. The van der Waals surface area contributed by atoms with Gasteiger partial charge >= 0.3 is 0 Å². The monoisotopic (exact) mass is 398 g/mol. The van der Waals surface area contributed by atoms with Crippen LogP contribution in [0.5, 0.6) is 0 Å². The molecular formula is C22H18N6S. The first-order valence-electron chi connectivity index (χ1n) is 9.32. The molecular weight excluding hydrogens is 380 g/mol. The molecule has 3 aromatic heterocycles. The van der Waals surface area contributed by atoms with Gasteiger partial charge in [-0.15, -0.1) is 11.3 Å². The van der Waals surface area contributed by atoms with E-state index in [1.807, 2.05) is 41.1 Å². The van der Waals surface area contributed by atoms with E-state index in [9.17, 15) is 0 Å². The molecule has 0 radical (unpaired) electrons. The van der Waals surface area contributed by atoms with E-state index in [1.54, 1.807) is 23.9 Å². The highest BCUT2D eigenvalue weighted by Gasteiger charge is 2.11. The highest BCUT2D eigenvalue weighted by molar-refractivity contribution is 7.09. The van der Waals surface area contributed by atoms with Gasteiger partial charge in [0.1, 0.15) is 12.1 Å². The summed E-state index contributed by atoms with van der Waals surface area (Å²) in [6.07, 6.45) is 4.22. The lowest BCUT2D eigenvalue weighted by Crippen LogP contribution is -2.03. The van der Waals surface area contributed by atoms with Gasteiger partial charge in [-0.1, -0.05) is 48.5 Å². The Hall–Kier alpha value is -3.58. The van der Waals surface area contributed by atoms with Gasteiger partial charge in [-0.3, -0.25) is 0 Å². The highest BCUT2D eigenvalue weighted by atomic mass is 32.1. The fourth-order valence-corrected chi connectivity index (χ4v) is 4.03. The molecule has 6 nitrogen and oxygen atoms in total. The molecule has 0 saturated carbocycles. The summed E-state index contributed by atoms with van der Waals surface area (Å²) < 4.78 is 1.82. The van der Waals surface area contributed by atoms with Crippen LogP contribution < -0.4 is 5.32 Å². The maximum absolute atomic E-state index is 4.75. The molecule has 5 rings (SSSR count). The van der Waals surface area contributed by atoms with Crippen LogP contribution in [0.25, 0.3) is 16.7 Å². The molecule has 0 saturated heterocycles. The zero-order valence-corrected chi connectivity index (χ0v) is 16.4. The van der Waals surface area contributed by atoms with Crippen LogP contribution in [0.2, 0.25) is 0 Å². The lowest BCUT2D eigenvalue weighted by molar-refractivity contribution is 0.895. The van der Waals surface area contributed by atoms with Crippen molar-refractivity contribution in [2.75, 3.05) is 5.32 Å². The first-order valence-corrected chi connectivity index (χ1v) is 10.2. The zero-order chi connectivity index (χ0) is 19.5. The molecule has 3 heterocycles. The summed E-state index contributed by atoms with van der Waals surface area (Å²) >= 11 is 1.68. The van der Waals surface area contributed by atoms with Gasteiger partial charge in [-0.2, -0.15) is 5.10 Å². The number of anilines is 1. The maximum atomic E-state index is 4.75. The first kappa shape index (κ1) is 17.5. The van der Waals surface area contributed by atoms with Crippen LogP contribution in [0.3, 0.4) is 0 Å². The van der Waals surface area contributed by atoms with Crippen LogP contribution in [0.4, 0.5) is 5.82 Å². The average molecular weight is 398 g/mol. The maximum Gasteiger partial charge on any atom is 0.168 e. The molecule has 2 aromatic carbocycles. The van der Waals surface area contributed by atoms with E-state index in [2.05, 4.69) is 50.0 Å². The fourth-order valence-electron chi connectivity index (χ4n) is 3.20. The summed E-state index contributed by atoms with van der Waals surface area (Å²) in [5.74, 6) is 0.759. The Morgan fingerprint density at radius 3 is 2.55 bits per heavy atom. The number of nitrogens with one attached hydrogen (secondary N) is 1. The Morgan fingerprint density at radius 1 is 0.931 bits per heavy atom. The highest BCUT2D eigenvalue weighted by Crippen LogP contribution is 2.22. The van der Waals surface area contributed by atoms with Crippen molar-refractivity contribution in [3.05, 3.63) is 94.8 Å². The summed E-state index contributed by atoms with van der Waals surface area (Å²) in [6.45, 7) is 0.605. The van der Waals surface area contributed by atoms with Gasteiger partial charge in [0.15, 0.2) is 5.65 Å². The van der Waals surface area contributed by atoms with Crippen molar-refractivity contribution in [1.82, 2.24) is 24.7 Å². The van der Waals surface area contributed by atoms with Gasteiger partial charge in [0.25, 0.3) is 0 Å². The van der Waals surface area contributed by atoms with Crippen molar-refractivity contribution in [2.45, 2.75) is 13.0 Å². The number of para-hydroxylation sites is 1. The molecule has 29 heavy (non-hydrogen) atoms. The van der Waals surface area contributed by atoms with Crippen molar-refractivity contribution < 1.29 is 0 Å². The Morgan fingerprint density at radius 2 is 1.72 bits per heavy atom. The average Bonchev–Trinajstić information content (AvgIpc) is 3.41. The third kappa shape index (κ3) is 3.72. The minimum absolute atomic E-state index is 0.605. The predicted octanol–water partition coefficient (Wildman–Crippen LogP) is 4.47. The van der Waals surface area contributed by atoms with E-state index in [-0.39, 0.29) is 0 Å². The molecule has 0 aliphatic rings. The van der Waals surface area contributed by atoms with Crippen LogP contribution >= 0.6 is 11.3 Å². The minimum atomic E-state index is 0.605. The molecule has 0 spiro atoms. The number of nitrogens with zero attached hydrogens (tertiary/aromatic N) is 5. The van der Waals surface area contributed by atoms with Gasteiger partial charge in [0.2, 0.25) is 0 Å². The third-order valence-electron chi connectivity index (χ3n) is 4.60. The quantitative estimate of drug-likeness (QED) is 0.457. The second-order valence-electron chi connectivity index (χ2n) is 6.60. The molecule has 1 N–H and O–H groups in total. The summed E-state index contributed by atoms with van der Waals surface area (Å²) in [6, 6.07) is 20.4. The van der Waals surface area contributed by atoms with E-state index in [0.29, 0.717) is 6.54 Å².